The van der Waals surface area contributed by atoms with Gasteiger partial charge in [0.15, 0.2) is 0 Å². The summed E-state index contributed by atoms with van der Waals surface area (Å²) >= 11 is 6.01. The normalized spacial score (nSPS) is 12.9. The molecule has 134 valence electrons. The Morgan fingerprint density at radius 1 is 1.12 bits per heavy atom. The minimum Gasteiger partial charge on any atom is -0.497 e. The van der Waals surface area contributed by atoms with E-state index in [-0.39, 0.29) is 36.0 Å². The molecule has 0 radical (unpaired) electrons. The third-order valence-electron chi connectivity index (χ3n) is 4.13. The number of fused-ring (bicyclic) bond motifs is 1. The van der Waals surface area contributed by atoms with E-state index in [1.807, 2.05) is 12.1 Å². The van der Waals surface area contributed by atoms with Crippen LogP contribution in [0.4, 0.5) is 0 Å². The second-order valence-electron chi connectivity index (χ2n) is 5.80. The molecule has 0 atom stereocenters. The Balaban J connectivity index is 1.53. The third kappa shape index (κ3) is 3.55. The summed E-state index contributed by atoms with van der Waals surface area (Å²) in [4.78, 5) is 37.8. The maximum atomic E-state index is 12.4. The molecule has 3 rings (SSSR count). The summed E-state index contributed by atoms with van der Waals surface area (Å²) in [6.45, 7) is 0.273. The van der Waals surface area contributed by atoms with Gasteiger partial charge in [0.05, 0.1) is 29.7 Å². The van der Waals surface area contributed by atoms with Crippen LogP contribution in [0.2, 0.25) is 5.02 Å². The summed E-state index contributed by atoms with van der Waals surface area (Å²) in [7, 11) is 1.58. The number of imide groups is 1. The van der Waals surface area contributed by atoms with Crippen molar-refractivity contribution in [2.45, 2.75) is 6.42 Å². The average molecular weight is 373 g/mol. The van der Waals surface area contributed by atoms with Gasteiger partial charge in [0.2, 0.25) is 5.91 Å². The maximum Gasteiger partial charge on any atom is 0.263 e. The molecule has 2 aromatic rings. The maximum absolute atomic E-state index is 12.4. The highest BCUT2D eigenvalue weighted by Crippen LogP contribution is 2.28. The molecule has 0 bridgehead atoms. The minimum absolute atomic E-state index is 0.0943. The van der Waals surface area contributed by atoms with Crippen LogP contribution in [0.25, 0.3) is 0 Å². The van der Waals surface area contributed by atoms with Gasteiger partial charge in [-0.15, -0.1) is 0 Å². The number of carbonyl (C=O) groups excluding carboxylic acids is 3. The lowest BCUT2D eigenvalue weighted by atomic mass is 10.1. The SMILES string of the molecule is COc1ccc(CC(=O)NCCN2C(=O)c3cccc(Cl)c3C2=O)cc1. The van der Waals surface area contributed by atoms with Gasteiger partial charge in [0.25, 0.3) is 11.8 Å². The van der Waals surface area contributed by atoms with E-state index in [0.717, 1.165) is 16.2 Å². The molecule has 0 spiro atoms. The molecule has 1 aliphatic rings. The van der Waals surface area contributed by atoms with Gasteiger partial charge < -0.3 is 10.1 Å². The first kappa shape index (κ1) is 17.9. The Labute approximate surface area is 155 Å². The Morgan fingerprint density at radius 2 is 1.85 bits per heavy atom. The molecule has 0 saturated heterocycles. The van der Waals surface area contributed by atoms with Crippen molar-refractivity contribution in [3.63, 3.8) is 0 Å². The van der Waals surface area contributed by atoms with Crippen LogP contribution in [0, 0.1) is 0 Å². The van der Waals surface area contributed by atoms with Gasteiger partial charge in [-0.2, -0.15) is 0 Å². The summed E-state index contributed by atoms with van der Waals surface area (Å²) in [6.07, 6.45) is 0.206. The van der Waals surface area contributed by atoms with Gasteiger partial charge in [-0.25, -0.2) is 0 Å². The van der Waals surface area contributed by atoms with Crippen LogP contribution in [-0.4, -0.2) is 42.8 Å². The highest BCUT2D eigenvalue weighted by Gasteiger charge is 2.36. The monoisotopic (exact) mass is 372 g/mol. The number of nitrogens with zero attached hydrogens (tertiary/aromatic N) is 1. The van der Waals surface area contributed by atoms with Gasteiger partial charge in [0, 0.05) is 13.1 Å². The van der Waals surface area contributed by atoms with Crippen molar-refractivity contribution in [1.29, 1.82) is 0 Å². The van der Waals surface area contributed by atoms with E-state index in [4.69, 9.17) is 16.3 Å². The predicted octanol–water partition coefficient (Wildman–Crippen LogP) is 2.30. The first-order chi connectivity index (χ1) is 12.5. The first-order valence-corrected chi connectivity index (χ1v) is 8.43. The van der Waals surface area contributed by atoms with Crippen molar-refractivity contribution in [2.75, 3.05) is 20.2 Å². The predicted molar refractivity (Wildman–Crippen MR) is 96.5 cm³/mol. The fourth-order valence-electron chi connectivity index (χ4n) is 2.79. The Kier molecular flexibility index (Phi) is 5.23. The smallest absolute Gasteiger partial charge is 0.263 e. The van der Waals surface area contributed by atoms with Crippen molar-refractivity contribution in [3.8, 4) is 5.75 Å². The molecule has 0 unspecified atom stereocenters. The summed E-state index contributed by atoms with van der Waals surface area (Å²) in [5.41, 5.74) is 1.37. The van der Waals surface area contributed by atoms with Gasteiger partial charge in [-0.3, -0.25) is 19.3 Å². The molecular weight excluding hydrogens is 356 g/mol. The van der Waals surface area contributed by atoms with E-state index in [9.17, 15) is 14.4 Å². The summed E-state index contributed by atoms with van der Waals surface area (Å²) < 4.78 is 5.07. The summed E-state index contributed by atoms with van der Waals surface area (Å²) in [6, 6.07) is 12.0. The van der Waals surface area contributed by atoms with E-state index in [1.165, 1.54) is 0 Å². The molecule has 0 saturated carbocycles. The highest BCUT2D eigenvalue weighted by molar-refractivity contribution is 6.37. The van der Waals surface area contributed by atoms with Crippen molar-refractivity contribution < 1.29 is 19.1 Å². The molecule has 7 heteroatoms. The Hall–Kier alpha value is -2.86. The molecule has 0 aromatic heterocycles. The number of benzene rings is 2. The second kappa shape index (κ2) is 7.58. The number of nitrogens with one attached hydrogen (secondary N) is 1. The van der Waals surface area contributed by atoms with E-state index in [2.05, 4.69) is 5.32 Å². The molecule has 26 heavy (non-hydrogen) atoms. The van der Waals surface area contributed by atoms with Gasteiger partial charge in [-0.05, 0) is 29.8 Å². The van der Waals surface area contributed by atoms with E-state index < -0.39 is 11.8 Å². The minimum atomic E-state index is -0.431. The standard InChI is InChI=1S/C19H17ClN2O4/c1-26-13-7-5-12(6-8-13)11-16(23)21-9-10-22-18(24)14-3-2-4-15(20)17(14)19(22)25/h2-8H,9-11H2,1H3,(H,21,23). The van der Waals surface area contributed by atoms with Crippen molar-refractivity contribution >= 4 is 29.3 Å². The number of ether oxygens (including phenoxy) is 1. The molecule has 3 amide bonds. The fourth-order valence-corrected chi connectivity index (χ4v) is 3.05. The number of hydrogen-bond donors (Lipinski definition) is 1. The highest BCUT2D eigenvalue weighted by atomic mass is 35.5. The van der Waals surface area contributed by atoms with Crippen LogP contribution >= 0.6 is 11.6 Å². The fraction of sp³-hybridized carbons (Fsp3) is 0.211. The van der Waals surface area contributed by atoms with Crippen LogP contribution in [0.3, 0.4) is 0 Å². The number of amides is 3. The van der Waals surface area contributed by atoms with Crippen molar-refractivity contribution in [2.24, 2.45) is 0 Å². The lowest BCUT2D eigenvalue weighted by Crippen LogP contribution is -2.38. The number of rotatable bonds is 6. The summed E-state index contributed by atoms with van der Waals surface area (Å²) in [5.74, 6) is -0.292. The van der Waals surface area contributed by atoms with Crippen molar-refractivity contribution in [3.05, 3.63) is 64.2 Å². The Bertz CT molecular complexity index is 864. The molecule has 1 aliphatic heterocycles. The third-order valence-corrected chi connectivity index (χ3v) is 4.44. The quantitative estimate of drug-likeness (QED) is 0.789. The first-order valence-electron chi connectivity index (χ1n) is 8.05. The Morgan fingerprint density at radius 3 is 2.50 bits per heavy atom. The molecule has 2 aromatic carbocycles. The molecule has 6 nitrogen and oxygen atoms in total. The lowest BCUT2D eigenvalue weighted by molar-refractivity contribution is -0.120. The average Bonchev–Trinajstić information content (AvgIpc) is 2.88. The number of methoxy groups -OCH3 is 1. The molecule has 1 heterocycles. The largest absolute Gasteiger partial charge is 0.497 e. The molecule has 1 N–H and O–H groups in total. The zero-order valence-corrected chi connectivity index (χ0v) is 14.9. The zero-order valence-electron chi connectivity index (χ0n) is 14.1. The number of hydrogen-bond acceptors (Lipinski definition) is 4. The molecular formula is C19H17ClN2O4. The van der Waals surface area contributed by atoms with E-state index >= 15 is 0 Å². The zero-order chi connectivity index (χ0) is 18.7. The van der Waals surface area contributed by atoms with Gasteiger partial charge in [-0.1, -0.05) is 29.8 Å². The molecule has 0 aliphatic carbocycles. The van der Waals surface area contributed by atoms with E-state index in [1.54, 1.807) is 37.4 Å². The molecule has 0 fully saturated rings. The van der Waals surface area contributed by atoms with Gasteiger partial charge >= 0.3 is 0 Å². The number of halogens is 1. The number of carbonyl (C=O) groups is 3. The van der Waals surface area contributed by atoms with Crippen LogP contribution in [-0.2, 0) is 11.2 Å². The van der Waals surface area contributed by atoms with Crippen molar-refractivity contribution in [1.82, 2.24) is 10.2 Å². The second-order valence-corrected chi connectivity index (χ2v) is 6.21. The summed E-state index contributed by atoms with van der Waals surface area (Å²) in [5, 5.41) is 2.98. The lowest BCUT2D eigenvalue weighted by Gasteiger charge is -2.14. The van der Waals surface area contributed by atoms with Crippen LogP contribution < -0.4 is 10.1 Å². The van der Waals surface area contributed by atoms with Crippen LogP contribution in [0.15, 0.2) is 42.5 Å². The topological polar surface area (TPSA) is 75.7 Å². The van der Waals surface area contributed by atoms with Crippen LogP contribution in [0.5, 0.6) is 5.75 Å². The van der Waals surface area contributed by atoms with Gasteiger partial charge in [0.1, 0.15) is 5.75 Å². The van der Waals surface area contributed by atoms with E-state index in [0.29, 0.717) is 5.56 Å². The van der Waals surface area contributed by atoms with Crippen LogP contribution in [0.1, 0.15) is 26.3 Å².